The Hall–Kier alpha value is -0.770. The number of benzene rings is 1. The van der Waals surface area contributed by atoms with Crippen molar-refractivity contribution in [2.75, 3.05) is 13.7 Å². The second-order valence-electron chi connectivity index (χ2n) is 4.46. The van der Waals surface area contributed by atoms with Gasteiger partial charge in [0, 0.05) is 13.2 Å². The summed E-state index contributed by atoms with van der Waals surface area (Å²) in [4.78, 5) is 0. The Bertz CT molecular complexity index is 371. The quantitative estimate of drug-likeness (QED) is 0.829. The Labute approximate surface area is 114 Å². The molecule has 0 aliphatic rings. The van der Waals surface area contributed by atoms with Gasteiger partial charge >= 0.3 is 0 Å². The summed E-state index contributed by atoms with van der Waals surface area (Å²) in [7, 11) is 1.66. The summed E-state index contributed by atoms with van der Waals surface area (Å²) in [6, 6.07) is 5.89. The maximum Gasteiger partial charge on any atom is 0.141 e. The van der Waals surface area contributed by atoms with Crippen LogP contribution in [0.25, 0.3) is 0 Å². The minimum Gasteiger partial charge on any atom is -0.489 e. The number of rotatable bonds is 7. The first kappa shape index (κ1) is 15.3. The fraction of sp³-hybridized carbons (Fsp3) is 0.571. The zero-order valence-corrected chi connectivity index (χ0v) is 12.0. The molecule has 0 aliphatic heterocycles. The third-order valence-electron chi connectivity index (χ3n) is 2.92. The Morgan fingerprint density at radius 2 is 2.11 bits per heavy atom. The Morgan fingerprint density at radius 1 is 1.39 bits per heavy atom. The van der Waals surface area contributed by atoms with Gasteiger partial charge in [-0.2, -0.15) is 0 Å². The maximum atomic E-state index is 6.18. The third-order valence-corrected chi connectivity index (χ3v) is 3.22. The summed E-state index contributed by atoms with van der Waals surface area (Å²) >= 11 is 6.18. The van der Waals surface area contributed by atoms with Crippen LogP contribution in [0.3, 0.4) is 0 Å². The van der Waals surface area contributed by atoms with Crippen LogP contribution >= 0.6 is 11.6 Å². The van der Waals surface area contributed by atoms with Crippen molar-refractivity contribution in [1.82, 2.24) is 0 Å². The van der Waals surface area contributed by atoms with E-state index in [9.17, 15) is 0 Å². The lowest BCUT2D eigenvalue weighted by Gasteiger charge is -2.17. The number of methoxy groups -OCH3 is 1. The fourth-order valence-electron chi connectivity index (χ4n) is 1.57. The summed E-state index contributed by atoms with van der Waals surface area (Å²) in [6.45, 7) is 4.51. The Kier molecular flexibility index (Phi) is 6.47. The first-order valence-corrected chi connectivity index (χ1v) is 6.64. The number of hydrogen-bond donors (Lipinski definition) is 1. The van der Waals surface area contributed by atoms with E-state index in [1.165, 1.54) is 0 Å². The smallest absolute Gasteiger partial charge is 0.141 e. The van der Waals surface area contributed by atoms with Gasteiger partial charge in [0.2, 0.25) is 0 Å². The summed E-state index contributed by atoms with van der Waals surface area (Å²) in [5.74, 6) is 0.729. The minimum absolute atomic E-state index is 0.0361. The molecule has 1 aromatic carbocycles. The molecule has 0 heterocycles. The average Bonchev–Trinajstić information content (AvgIpc) is 2.37. The van der Waals surface area contributed by atoms with Crippen LogP contribution in [-0.4, -0.2) is 25.9 Å². The first-order chi connectivity index (χ1) is 8.58. The molecule has 0 aliphatic carbocycles. The molecule has 4 heteroatoms. The number of halogens is 1. The summed E-state index contributed by atoms with van der Waals surface area (Å²) < 4.78 is 10.9. The van der Waals surface area contributed by atoms with E-state index in [-0.39, 0.29) is 12.1 Å². The zero-order chi connectivity index (χ0) is 13.5. The van der Waals surface area contributed by atoms with E-state index in [1.54, 1.807) is 7.11 Å². The molecule has 0 spiro atoms. The topological polar surface area (TPSA) is 44.5 Å². The second kappa shape index (κ2) is 7.62. The average molecular weight is 272 g/mol. The van der Waals surface area contributed by atoms with E-state index >= 15 is 0 Å². The van der Waals surface area contributed by atoms with Crippen molar-refractivity contribution in [2.24, 2.45) is 5.73 Å². The van der Waals surface area contributed by atoms with Crippen LogP contribution in [0.2, 0.25) is 5.02 Å². The van der Waals surface area contributed by atoms with Gasteiger partial charge in [-0.05, 0) is 31.4 Å². The SMILES string of the molecule is CCC(N)Cc1cccc(Cl)c1OCC(C)OC. The van der Waals surface area contributed by atoms with Crippen LogP contribution in [0, 0.1) is 0 Å². The van der Waals surface area contributed by atoms with Gasteiger partial charge in [0.25, 0.3) is 0 Å². The zero-order valence-electron chi connectivity index (χ0n) is 11.3. The molecule has 0 radical (unpaired) electrons. The van der Waals surface area contributed by atoms with Crippen molar-refractivity contribution in [3.8, 4) is 5.75 Å². The molecule has 3 nitrogen and oxygen atoms in total. The highest BCUT2D eigenvalue weighted by atomic mass is 35.5. The van der Waals surface area contributed by atoms with Crippen molar-refractivity contribution >= 4 is 11.6 Å². The van der Waals surface area contributed by atoms with E-state index in [0.717, 1.165) is 24.2 Å². The van der Waals surface area contributed by atoms with Crippen molar-refractivity contribution < 1.29 is 9.47 Å². The molecule has 2 N–H and O–H groups in total. The third kappa shape index (κ3) is 4.48. The van der Waals surface area contributed by atoms with Gasteiger partial charge in [-0.3, -0.25) is 0 Å². The van der Waals surface area contributed by atoms with Crippen LogP contribution in [0.4, 0.5) is 0 Å². The van der Waals surface area contributed by atoms with E-state index in [2.05, 4.69) is 6.92 Å². The first-order valence-electron chi connectivity index (χ1n) is 6.27. The lowest BCUT2D eigenvalue weighted by molar-refractivity contribution is 0.0713. The van der Waals surface area contributed by atoms with E-state index in [4.69, 9.17) is 26.8 Å². The molecule has 1 aromatic rings. The van der Waals surface area contributed by atoms with Gasteiger partial charge in [0.15, 0.2) is 0 Å². The molecule has 0 saturated heterocycles. The Morgan fingerprint density at radius 3 is 2.72 bits per heavy atom. The summed E-state index contributed by atoms with van der Waals surface area (Å²) in [5, 5.41) is 0.624. The molecule has 0 amide bonds. The van der Waals surface area contributed by atoms with Gasteiger partial charge in [-0.1, -0.05) is 30.7 Å². The molecular formula is C14H22ClNO2. The number of nitrogens with two attached hydrogens (primary N) is 1. The predicted molar refractivity (Wildman–Crippen MR) is 75.4 cm³/mol. The highest BCUT2D eigenvalue weighted by molar-refractivity contribution is 6.32. The molecule has 102 valence electrons. The fourth-order valence-corrected chi connectivity index (χ4v) is 1.82. The van der Waals surface area contributed by atoms with Gasteiger partial charge in [-0.25, -0.2) is 0 Å². The monoisotopic (exact) mass is 271 g/mol. The van der Waals surface area contributed by atoms with E-state index < -0.39 is 0 Å². The van der Waals surface area contributed by atoms with Gasteiger partial charge in [-0.15, -0.1) is 0 Å². The van der Waals surface area contributed by atoms with Gasteiger partial charge < -0.3 is 15.2 Å². The standard InChI is InChI=1S/C14H22ClNO2/c1-4-12(16)8-11-6-5-7-13(15)14(11)18-9-10(2)17-3/h5-7,10,12H,4,8-9,16H2,1-3H3. The molecule has 1 rings (SSSR count). The molecule has 18 heavy (non-hydrogen) atoms. The van der Waals surface area contributed by atoms with Crippen LogP contribution in [-0.2, 0) is 11.2 Å². The molecule has 0 saturated carbocycles. The molecule has 0 aromatic heterocycles. The number of ether oxygens (including phenoxy) is 2. The molecule has 2 atom stereocenters. The van der Waals surface area contributed by atoms with Crippen molar-refractivity contribution in [1.29, 1.82) is 0 Å². The van der Waals surface area contributed by atoms with Crippen molar-refractivity contribution in [3.63, 3.8) is 0 Å². The minimum atomic E-state index is 0.0361. The summed E-state index contributed by atoms with van der Waals surface area (Å²) in [5.41, 5.74) is 7.04. The largest absolute Gasteiger partial charge is 0.489 e. The van der Waals surface area contributed by atoms with Gasteiger partial charge in [0.1, 0.15) is 12.4 Å². The second-order valence-corrected chi connectivity index (χ2v) is 4.87. The predicted octanol–water partition coefficient (Wildman–Crippen LogP) is 3.03. The van der Waals surface area contributed by atoms with Crippen LogP contribution < -0.4 is 10.5 Å². The van der Waals surface area contributed by atoms with Gasteiger partial charge in [0.05, 0.1) is 11.1 Å². The molecule has 2 unspecified atom stereocenters. The lowest BCUT2D eigenvalue weighted by atomic mass is 10.0. The molecular weight excluding hydrogens is 250 g/mol. The Balaban J connectivity index is 2.80. The van der Waals surface area contributed by atoms with E-state index in [0.29, 0.717) is 11.6 Å². The van der Waals surface area contributed by atoms with Crippen molar-refractivity contribution in [3.05, 3.63) is 28.8 Å². The highest BCUT2D eigenvalue weighted by Crippen LogP contribution is 2.29. The molecule has 0 bridgehead atoms. The molecule has 0 fully saturated rings. The van der Waals surface area contributed by atoms with Crippen LogP contribution in [0.5, 0.6) is 5.75 Å². The highest BCUT2D eigenvalue weighted by Gasteiger charge is 2.12. The van der Waals surface area contributed by atoms with Crippen LogP contribution in [0.15, 0.2) is 18.2 Å². The number of hydrogen-bond acceptors (Lipinski definition) is 3. The number of para-hydroxylation sites is 1. The van der Waals surface area contributed by atoms with E-state index in [1.807, 2.05) is 25.1 Å². The van der Waals surface area contributed by atoms with Crippen LogP contribution in [0.1, 0.15) is 25.8 Å². The van der Waals surface area contributed by atoms with Crippen molar-refractivity contribution in [2.45, 2.75) is 38.8 Å². The normalized spacial score (nSPS) is 14.3. The maximum absolute atomic E-state index is 6.18. The summed E-state index contributed by atoms with van der Waals surface area (Å²) in [6.07, 6.45) is 1.74. The lowest BCUT2D eigenvalue weighted by Crippen LogP contribution is -2.22.